The van der Waals surface area contributed by atoms with Gasteiger partial charge < -0.3 is 0 Å². The molecule has 0 spiro atoms. The molecule has 1 aromatic heterocycles. The Bertz CT molecular complexity index is 705. The number of hydrogen-bond acceptors (Lipinski definition) is 3. The molecule has 0 bridgehead atoms. The van der Waals surface area contributed by atoms with Crippen LogP contribution in [0.3, 0.4) is 0 Å². The molecule has 0 aliphatic carbocycles. The van der Waals surface area contributed by atoms with E-state index in [2.05, 4.69) is 41.6 Å². The Hall–Kier alpha value is -0.630. The lowest BCUT2D eigenvalue weighted by Crippen LogP contribution is -2.14. The number of anilines is 1. The van der Waals surface area contributed by atoms with Crippen LogP contribution in [0.1, 0.15) is 0 Å². The molecule has 0 aliphatic heterocycles. The maximum atomic E-state index is 12.2. The highest BCUT2D eigenvalue weighted by molar-refractivity contribution is 9.10. The smallest absolute Gasteiger partial charge is 0.263 e. The zero-order chi connectivity index (χ0) is 14.0. The van der Waals surface area contributed by atoms with Crippen LogP contribution in [-0.4, -0.2) is 13.4 Å². The summed E-state index contributed by atoms with van der Waals surface area (Å²) in [5, 5.41) is 0.138. The third-order valence-electron chi connectivity index (χ3n) is 2.15. The first-order valence-electron chi connectivity index (χ1n) is 4.98. The second-order valence-corrected chi connectivity index (χ2v) is 7.43. The highest BCUT2D eigenvalue weighted by Crippen LogP contribution is 2.26. The number of halogens is 3. The molecule has 0 saturated carbocycles. The van der Waals surface area contributed by atoms with Crippen molar-refractivity contribution in [2.75, 3.05) is 4.72 Å². The molecular weight excluding hydrogens is 419 g/mol. The summed E-state index contributed by atoms with van der Waals surface area (Å²) in [6.07, 6.45) is 1.50. The molecular formula is C11H7Br2ClN2O2S. The Morgan fingerprint density at radius 2 is 1.79 bits per heavy atom. The number of pyridine rings is 1. The lowest BCUT2D eigenvalue weighted by molar-refractivity contribution is 0.601. The van der Waals surface area contributed by atoms with Gasteiger partial charge in [-0.1, -0.05) is 27.5 Å². The Morgan fingerprint density at radius 1 is 1.11 bits per heavy atom. The Balaban J connectivity index is 2.35. The zero-order valence-electron chi connectivity index (χ0n) is 9.27. The molecule has 1 heterocycles. The molecule has 0 fully saturated rings. The number of nitrogens with one attached hydrogen (secondary N) is 1. The van der Waals surface area contributed by atoms with Crippen LogP contribution in [-0.2, 0) is 10.0 Å². The van der Waals surface area contributed by atoms with Crippen LogP contribution >= 0.6 is 43.5 Å². The Kier molecular flexibility index (Phi) is 4.50. The van der Waals surface area contributed by atoms with E-state index in [9.17, 15) is 8.42 Å². The van der Waals surface area contributed by atoms with Crippen molar-refractivity contribution in [3.8, 4) is 0 Å². The third-order valence-corrected chi connectivity index (χ3v) is 4.95. The standard InChI is InChI=1S/C11H7Br2ClN2O2S/c12-7-1-3-10(9(14)5-7)19(17,18)16-11-4-2-8(13)6-15-11/h1-6H,(H,15,16). The molecule has 0 saturated heterocycles. The fourth-order valence-corrected chi connectivity index (χ4v) is 3.60. The van der Waals surface area contributed by atoms with E-state index in [1.807, 2.05) is 0 Å². The monoisotopic (exact) mass is 424 g/mol. The van der Waals surface area contributed by atoms with E-state index in [0.29, 0.717) is 4.47 Å². The van der Waals surface area contributed by atoms with Crippen LogP contribution in [0.4, 0.5) is 5.82 Å². The van der Waals surface area contributed by atoms with Crippen LogP contribution in [0.2, 0.25) is 5.02 Å². The van der Waals surface area contributed by atoms with Crippen LogP contribution < -0.4 is 4.72 Å². The van der Waals surface area contributed by atoms with Crippen molar-refractivity contribution in [2.45, 2.75) is 4.90 Å². The van der Waals surface area contributed by atoms with Crippen LogP contribution in [0.5, 0.6) is 0 Å². The number of rotatable bonds is 3. The van der Waals surface area contributed by atoms with E-state index >= 15 is 0 Å². The van der Waals surface area contributed by atoms with Crippen molar-refractivity contribution in [3.05, 3.63) is 50.5 Å². The Morgan fingerprint density at radius 3 is 2.37 bits per heavy atom. The van der Waals surface area contributed by atoms with E-state index in [-0.39, 0.29) is 15.7 Å². The molecule has 0 amide bonds. The number of nitrogens with zero attached hydrogens (tertiary/aromatic N) is 1. The van der Waals surface area contributed by atoms with Gasteiger partial charge in [0.1, 0.15) is 10.7 Å². The van der Waals surface area contributed by atoms with Gasteiger partial charge in [-0.3, -0.25) is 4.72 Å². The number of sulfonamides is 1. The second kappa shape index (κ2) is 5.78. The maximum absolute atomic E-state index is 12.2. The molecule has 2 aromatic rings. The molecule has 8 heteroatoms. The fraction of sp³-hybridized carbons (Fsp3) is 0. The largest absolute Gasteiger partial charge is 0.264 e. The summed E-state index contributed by atoms with van der Waals surface area (Å²) in [5.74, 6) is 0.224. The van der Waals surface area contributed by atoms with Gasteiger partial charge in [-0.15, -0.1) is 0 Å². The van der Waals surface area contributed by atoms with Gasteiger partial charge in [0, 0.05) is 15.1 Å². The van der Waals surface area contributed by atoms with Gasteiger partial charge >= 0.3 is 0 Å². The van der Waals surface area contributed by atoms with Gasteiger partial charge in [0.25, 0.3) is 10.0 Å². The minimum Gasteiger partial charge on any atom is -0.263 e. The van der Waals surface area contributed by atoms with E-state index in [1.165, 1.54) is 18.3 Å². The van der Waals surface area contributed by atoms with Gasteiger partial charge in [-0.2, -0.15) is 0 Å². The number of hydrogen-bond donors (Lipinski definition) is 1. The maximum Gasteiger partial charge on any atom is 0.264 e. The third kappa shape index (κ3) is 3.68. The first-order chi connectivity index (χ1) is 8.88. The van der Waals surface area contributed by atoms with Gasteiger partial charge in [0.15, 0.2) is 0 Å². The van der Waals surface area contributed by atoms with Crippen LogP contribution in [0, 0.1) is 0 Å². The van der Waals surface area contributed by atoms with E-state index in [1.54, 1.807) is 18.2 Å². The molecule has 1 N–H and O–H groups in total. The SMILES string of the molecule is O=S(=O)(Nc1ccc(Br)cn1)c1ccc(Br)cc1Cl. The van der Waals surface area contributed by atoms with E-state index < -0.39 is 10.0 Å². The van der Waals surface area contributed by atoms with E-state index in [4.69, 9.17) is 11.6 Å². The summed E-state index contributed by atoms with van der Waals surface area (Å²) in [4.78, 5) is 3.95. The van der Waals surface area contributed by atoms with Crippen molar-refractivity contribution < 1.29 is 8.42 Å². The molecule has 100 valence electrons. The molecule has 0 radical (unpaired) electrons. The van der Waals surface area contributed by atoms with Gasteiger partial charge in [0.05, 0.1) is 5.02 Å². The van der Waals surface area contributed by atoms with Crippen molar-refractivity contribution in [1.82, 2.24) is 4.98 Å². The van der Waals surface area contributed by atoms with Gasteiger partial charge in [-0.05, 0) is 46.3 Å². The molecule has 0 atom stereocenters. The second-order valence-electron chi connectivity index (χ2n) is 3.54. The average Bonchev–Trinajstić information content (AvgIpc) is 2.31. The summed E-state index contributed by atoms with van der Waals surface area (Å²) in [7, 11) is -3.75. The highest BCUT2D eigenvalue weighted by atomic mass is 79.9. The summed E-state index contributed by atoms with van der Waals surface area (Å²) in [5.41, 5.74) is 0. The van der Waals surface area contributed by atoms with Crippen LogP contribution in [0.15, 0.2) is 50.4 Å². The van der Waals surface area contributed by atoms with E-state index in [0.717, 1.165) is 4.47 Å². The summed E-state index contributed by atoms with van der Waals surface area (Å²) in [6.45, 7) is 0. The molecule has 0 aliphatic rings. The molecule has 19 heavy (non-hydrogen) atoms. The molecule has 0 unspecified atom stereocenters. The minimum atomic E-state index is -3.75. The van der Waals surface area contributed by atoms with Crippen LogP contribution in [0.25, 0.3) is 0 Å². The predicted octanol–water partition coefficient (Wildman–Crippen LogP) is 4.06. The van der Waals surface area contributed by atoms with Crippen molar-refractivity contribution in [2.24, 2.45) is 0 Å². The molecule has 1 aromatic carbocycles. The zero-order valence-corrected chi connectivity index (χ0v) is 14.0. The normalized spacial score (nSPS) is 11.3. The number of aromatic nitrogens is 1. The summed E-state index contributed by atoms with van der Waals surface area (Å²) >= 11 is 12.4. The quantitative estimate of drug-likeness (QED) is 0.805. The average molecular weight is 427 g/mol. The topological polar surface area (TPSA) is 59.1 Å². The summed E-state index contributed by atoms with van der Waals surface area (Å²) < 4.78 is 28.1. The molecule has 2 rings (SSSR count). The van der Waals surface area contributed by atoms with Crippen molar-refractivity contribution >= 4 is 59.3 Å². The van der Waals surface area contributed by atoms with Gasteiger partial charge in [-0.25, -0.2) is 13.4 Å². The van der Waals surface area contributed by atoms with Gasteiger partial charge in [0.2, 0.25) is 0 Å². The predicted molar refractivity (Wildman–Crippen MR) is 81.9 cm³/mol. The first kappa shape index (κ1) is 14.8. The van der Waals surface area contributed by atoms with Crippen molar-refractivity contribution in [1.29, 1.82) is 0 Å². The van der Waals surface area contributed by atoms with Crippen molar-refractivity contribution in [3.63, 3.8) is 0 Å². The fourth-order valence-electron chi connectivity index (χ4n) is 1.32. The molecule has 4 nitrogen and oxygen atoms in total. The lowest BCUT2D eigenvalue weighted by Gasteiger charge is -2.09. The summed E-state index contributed by atoms with van der Waals surface area (Å²) in [6, 6.07) is 7.79. The lowest BCUT2D eigenvalue weighted by atomic mass is 10.4. The number of benzene rings is 1. The Labute approximate surface area is 132 Å². The highest BCUT2D eigenvalue weighted by Gasteiger charge is 2.18. The minimum absolute atomic E-state index is 0.00193. The first-order valence-corrected chi connectivity index (χ1v) is 8.42.